The molecule has 0 radical (unpaired) electrons. The van der Waals surface area contributed by atoms with Crippen LogP contribution in [-0.2, 0) is 38.6 Å². The molecule has 0 aromatic heterocycles. The maximum absolute atomic E-state index is 14.6. The van der Waals surface area contributed by atoms with Crippen LogP contribution in [0.2, 0.25) is 0 Å². The zero-order valence-corrected chi connectivity index (χ0v) is 23.3. The fourth-order valence-corrected chi connectivity index (χ4v) is 5.88. The van der Waals surface area contributed by atoms with E-state index in [1.54, 1.807) is 0 Å². The van der Waals surface area contributed by atoms with Gasteiger partial charge in [-0.15, -0.1) is 16.4 Å². The highest BCUT2D eigenvalue weighted by molar-refractivity contribution is 7.90. The summed E-state index contributed by atoms with van der Waals surface area (Å²) in [5, 5.41) is 0. The molecule has 0 saturated carbocycles. The van der Waals surface area contributed by atoms with Crippen LogP contribution in [0.15, 0.2) is 29.8 Å². The number of carbonyl (C=O) groups excluding carboxylic acids is 2. The molecular weight excluding hydrogens is 492 g/mol. The molecule has 2 aromatic rings. The third-order valence-electron chi connectivity index (χ3n) is 7.52. The van der Waals surface area contributed by atoms with Crippen molar-refractivity contribution < 1.29 is 36.1 Å². The van der Waals surface area contributed by atoms with Gasteiger partial charge in [-0.1, -0.05) is 22.6 Å². The van der Waals surface area contributed by atoms with Crippen molar-refractivity contribution in [3.63, 3.8) is 0 Å². The largest absolute Gasteiger partial charge is 0.467 e. The van der Waals surface area contributed by atoms with Crippen molar-refractivity contribution in [1.82, 2.24) is 0 Å². The van der Waals surface area contributed by atoms with E-state index in [1.165, 1.54) is 29.6 Å². The summed E-state index contributed by atoms with van der Waals surface area (Å²) in [6.07, 6.45) is 0. The van der Waals surface area contributed by atoms with E-state index in [0.29, 0.717) is 5.56 Å². The molecule has 1 heterocycles. The highest BCUT2D eigenvalue weighted by atomic mass is 32.2. The normalized spacial score (nSPS) is 17.9. The molecule has 0 spiro atoms. The van der Waals surface area contributed by atoms with Gasteiger partial charge < -0.3 is 19.4 Å². The Morgan fingerprint density at radius 1 is 1.05 bits per heavy atom. The molecule has 1 atom stereocenters. The minimum Gasteiger partial charge on any atom is -0.467 e. The molecule has 37 heavy (non-hydrogen) atoms. The van der Waals surface area contributed by atoms with Crippen molar-refractivity contribution in [2.24, 2.45) is 5.73 Å². The van der Waals surface area contributed by atoms with Gasteiger partial charge in [-0.2, -0.15) is 8.42 Å². The molecule has 0 unspecified atom stereocenters. The molecule has 0 aliphatic carbocycles. The predicted octanol–water partition coefficient (Wildman–Crippen LogP) is -10.2. The average molecular weight is 516 g/mol. The minimum atomic E-state index is -4.49. The maximum Gasteiger partial charge on any atom is 0.340 e. The van der Waals surface area contributed by atoms with Crippen LogP contribution in [0, 0.1) is 5.82 Å². The third-order valence-corrected chi connectivity index (χ3v) is 9.36. The average Bonchev–Trinajstić information content (AvgIpc) is 3.04. The van der Waals surface area contributed by atoms with Crippen molar-refractivity contribution in [1.29, 1.82) is 0 Å². The van der Waals surface area contributed by atoms with Gasteiger partial charge in [-0.25, -0.2) is 9.18 Å². The van der Waals surface area contributed by atoms with Gasteiger partial charge in [0.05, 0.1) is 17.2 Å². The number of benzene rings is 2. The summed E-state index contributed by atoms with van der Waals surface area (Å²) in [4.78, 5) is 25.1. The number of nitrogens with two attached hydrogens (primary N) is 1. The Balaban J connectivity index is 2.02. The van der Waals surface area contributed by atoms with Gasteiger partial charge in [-0.3, -0.25) is 4.79 Å². The van der Waals surface area contributed by atoms with Crippen molar-refractivity contribution in [3.05, 3.63) is 52.3 Å². The first-order valence-electron chi connectivity index (χ1n) is 11.6. The summed E-state index contributed by atoms with van der Waals surface area (Å²) in [7, 11) is 10.5. The summed E-state index contributed by atoms with van der Waals surface area (Å²) < 4.78 is 55.7. The SMILES string of the molecule is Bc1c(B)c(B)c(C(B)(B)S(=O)(=O)OC2=C(N)O[C@@](B)(c3ccc(C(=O)OC)c(F)c3)C2=O)c(B)c1B. The van der Waals surface area contributed by atoms with Crippen LogP contribution < -0.4 is 33.0 Å². The molecule has 0 bridgehead atoms. The lowest BCUT2D eigenvalue weighted by atomic mass is 9.53. The highest BCUT2D eigenvalue weighted by Crippen LogP contribution is 2.38. The Morgan fingerprint density at radius 2 is 1.57 bits per heavy atom. The van der Waals surface area contributed by atoms with Crippen LogP contribution in [-0.4, -0.2) is 90.1 Å². The Hall–Kier alpha value is -2.88. The first-order valence-corrected chi connectivity index (χ1v) is 13.0. The van der Waals surface area contributed by atoms with Gasteiger partial charge in [0.25, 0.3) is 0 Å². The molecule has 0 saturated heterocycles. The molecule has 0 fully saturated rings. The quantitative estimate of drug-likeness (QED) is 0.229. The number of rotatable bonds is 6. The molecule has 3 rings (SSSR count). The molecule has 1 aliphatic rings. The van der Waals surface area contributed by atoms with E-state index in [2.05, 4.69) is 4.74 Å². The second kappa shape index (κ2) is 9.45. The van der Waals surface area contributed by atoms with Crippen molar-refractivity contribution in [2.75, 3.05) is 7.11 Å². The Kier molecular flexibility index (Phi) is 7.33. The summed E-state index contributed by atoms with van der Waals surface area (Å²) in [6, 6.07) is 3.37. The van der Waals surface area contributed by atoms with Crippen molar-refractivity contribution >= 4 is 112 Å². The lowest BCUT2D eigenvalue weighted by Gasteiger charge is -2.32. The van der Waals surface area contributed by atoms with Gasteiger partial charge in [-0.05, 0) is 17.7 Å². The van der Waals surface area contributed by atoms with E-state index < -0.39 is 49.4 Å². The lowest BCUT2D eigenvalue weighted by Crippen LogP contribution is -2.60. The molecular formula is C19H24B8FNO7S. The number of hydrogen-bond donors (Lipinski definition) is 1. The summed E-state index contributed by atoms with van der Waals surface area (Å²) in [6.45, 7) is 0. The van der Waals surface area contributed by atoms with E-state index in [0.717, 1.165) is 46.6 Å². The smallest absolute Gasteiger partial charge is 0.340 e. The molecule has 0 amide bonds. The molecule has 184 valence electrons. The van der Waals surface area contributed by atoms with E-state index in [4.69, 9.17) is 14.7 Å². The second-order valence-corrected chi connectivity index (χ2v) is 12.0. The molecule has 2 aromatic carbocycles. The van der Waals surface area contributed by atoms with Gasteiger partial charge in [0.15, 0.2) is 13.3 Å². The van der Waals surface area contributed by atoms with Crippen LogP contribution >= 0.6 is 0 Å². The first kappa shape index (κ1) is 28.7. The van der Waals surface area contributed by atoms with Gasteiger partial charge >= 0.3 is 16.1 Å². The second-order valence-electron chi connectivity index (χ2n) is 9.89. The van der Waals surface area contributed by atoms with Gasteiger partial charge in [0.2, 0.25) is 17.4 Å². The molecule has 18 heteroatoms. The number of ketones is 1. The molecule has 1 aliphatic heterocycles. The fourth-order valence-electron chi connectivity index (χ4n) is 4.74. The number of halogens is 1. The van der Waals surface area contributed by atoms with E-state index in [-0.39, 0.29) is 11.1 Å². The number of Topliss-reactive ketones (excluding diaryl/α,β-unsaturated/α-hetero) is 1. The number of carbonyl (C=O) groups is 2. The summed E-state index contributed by atoms with van der Waals surface area (Å²) >= 11 is 0. The van der Waals surface area contributed by atoms with Crippen LogP contribution in [0.1, 0.15) is 21.5 Å². The van der Waals surface area contributed by atoms with Gasteiger partial charge in [0.1, 0.15) is 60.7 Å². The minimum absolute atomic E-state index is 0.0114. The van der Waals surface area contributed by atoms with E-state index >= 15 is 0 Å². The Morgan fingerprint density at radius 3 is 2.05 bits per heavy atom. The Bertz CT molecular complexity index is 1470. The predicted molar refractivity (Wildman–Crippen MR) is 161 cm³/mol. The third kappa shape index (κ3) is 4.43. The molecule has 8 nitrogen and oxygen atoms in total. The number of esters is 1. The monoisotopic (exact) mass is 517 g/mol. The Labute approximate surface area is 223 Å². The summed E-state index contributed by atoms with van der Waals surface area (Å²) in [5.74, 6) is -3.98. The van der Waals surface area contributed by atoms with Gasteiger partial charge in [0, 0.05) is 0 Å². The maximum atomic E-state index is 14.6. The number of ether oxygens (including phenoxy) is 2. The van der Waals surface area contributed by atoms with E-state index in [1.807, 2.05) is 39.2 Å². The van der Waals surface area contributed by atoms with Crippen LogP contribution in [0.4, 0.5) is 4.39 Å². The highest BCUT2D eigenvalue weighted by Gasteiger charge is 2.51. The molecule has 2 N–H and O–H groups in total. The standard InChI is InChI=1S/C19H24B8FNO7S/c1-34-17(31)6-3-2-5(4-7(6)28)18(25)15(30)14(16(29)35-18)36-37(32,33)19(26,27)8-9(20)11(22)13(24)12(23)10(8)21/h2-4H,20-27,29H2,1H3/t18-/m0/s1. The zero-order chi connectivity index (χ0) is 28.2. The lowest BCUT2D eigenvalue weighted by molar-refractivity contribution is -0.126. The summed E-state index contributed by atoms with van der Waals surface area (Å²) in [5.41, 5.74) is 8.89. The zero-order valence-electron chi connectivity index (χ0n) is 22.5. The van der Waals surface area contributed by atoms with Crippen molar-refractivity contribution in [2.45, 2.75) is 10.0 Å². The number of hydrogen-bond acceptors (Lipinski definition) is 8. The van der Waals surface area contributed by atoms with Crippen LogP contribution in [0.5, 0.6) is 0 Å². The van der Waals surface area contributed by atoms with E-state index in [9.17, 15) is 22.4 Å². The van der Waals surface area contributed by atoms with Crippen molar-refractivity contribution in [3.8, 4) is 0 Å². The fraction of sp³-hybridized carbons (Fsp3) is 0.158. The topological polar surface area (TPSA) is 122 Å². The van der Waals surface area contributed by atoms with Crippen LogP contribution in [0.25, 0.3) is 0 Å². The first-order chi connectivity index (χ1) is 16.9. The van der Waals surface area contributed by atoms with Crippen LogP contribution in [0.3, 0.4) is 0 Å². The number of methoxy groups -OCH3 is 1.